The van der Waals surface area contributed by atoms with E-state index in [2.05, 4.69) is 30.5 Å². The highest BCUT2D eigenvalue weighted by atomic mass is 32.1. The molecule has 2 nitrogen and oxygen atoms in total. The number of hydrogen-bond donors (Lipinski definition) is 2. The van der Waals surface area contributed by atoms with E-state index in [0.29, 0.717) is 18.2 Å². The fourth-order valence-electron chi connectivity index (χ4n) is 2.92. The van der Waals surface area contributed by atoms with Crippen LogP contribution in [0.3, 0.4) is 0 Å². The second-order valence-electron chi connectivity index (χ2n) is 5.43. The van der Waals surface area contributed by atoms with Crippen LogP contribution in [0.1, 0.15) is 23.3 Å². The molecule has 0 aliphatic rings. The van der Waals surface area contributed by atoms with Crippen molar-refractivity contribution in [3.63, 3.8) is 0 Å². The zero-order chi connectivity index (χ0) is 14.8. The molecule has 3 N–H and O–H groups in total. The first-order valence-electron chi connectivity index (χ1n) is 7.16. The zero-order valence-corrected chi connectivity index (χ0v) is 12.8. The number of benzene rings is 2. The predicted molar refractivity (Wildman–Crippen MR) is 90.0 cm³/mol. The number of thiophene rings is 1. The Balaban J connectivity index is 2.23. The van der Waals surface area contributed by atoms with Crippen LogP contribution in [-0.2, 0) is 0 Å². The van der Waals surface area contributed by atoms with E-state index < -0.39 is 0 Å². The molecule has 0 amide bonds. The van der Waals surface area contributed by atoms with Gasteiger partial charge in [0.2, 0.25) is 0 Å². The van der Waals surface area contributed by atoms with E-state index in [1.165, 1.54) is 10.4 Å². The molecule has 3 rings (SSSR count). The third-order valence-electron chi connectivity index (χ3n) is 4.06. The van der Waals surface area contributed by atoms with Crippen molar-refractivity contribution >= 4 is 22.1 Å². The molecule has 0 fully saturated rings. The zero-order valence-electron chi connectivity index (χ0n) is 12.0. The van der Waals surface area contributed by atoms with Crippen LogP contribution in [0.4, 0.5) is 0 Å². The van der Waals surface area contributed by atoms with Crippen LogP contribution in [0.5, 0.6) is 5.75 Å². The summed E-state index contributed by atoms with van der Waals surface area (Å²) in [7, 11) is 0. The molecular formula is C18H19NOS. The van der Waals surface area contributed by atoms with E-state index in [0.717, 1.165) is 10.8 Å². The normalized spacial score (nSPS) is 14.2. The fourth-order valence-corrected chi connectivity index (χ4v) is 3.90. The molecule has 0 aliphatic heterocycles. The number of phenolic OH excluding ortho intramolecular Hbond substituents is 1. The van der Waals surface area contributed by atoms with Gasteiger partial charge in [-0.1, -0.05) is 43.3 Å². The summed E-state index contributed by atoms with van der Waals surface area (Å²) in [5.74, 6) is 0.941. The smallest absolute Gasteiger partial charge is 0.123 e. The number of rotatable bonds is 4. The maximum Gasteiger partial charge on any atom is 0.123 e. The van der Waals surface area contributed by atoms with Crippen LogP contribution in [0.25, 0.3) is 10.8 Å². The van der Waals surface area contributed by atoms with Crippen molar-refractivity contribution in [1.29, 1.82) is 0 Å². The van der Waals surface area contributed by atoms with Crippen LogP contribution in [-0.4, -0.2) is 11.7 Å². The Labute approximate surface area is 128 Å². The Bertz CT molecular complexity index is 736. The van der Waals surface area contributed by atoms with Gasteiger partial charge in [0, 0.05) is 16.2 Å². The lowest BCUT2D eigenvalue weighted by molar-refractivity contribution is 0.480. The Hall–Kier alpha value is -1.84. The van der Waals surface area contributed by atoms with Crippen LogP contribution in [0, 0.1) is 5.92 Å². The van der Waals surface area contributed by atoms with E-state index in [-0.39, 0.29) is 5.92 Å². The average Bonchev–Trinajstić information content (AvgIpc) is 3.04. The van der Waals surface area contributed by atoms with Crippen LogP contribution in [0.2, 0.25) is 0 Å². The largest absolute Gasteiger partial charge is 0.507 e. The summed E-state index contributed by atoms with van der Waals surface area (Å²) in [5.41, 5.74) is 7.19. The van der Waals surface area contributed by atoms with Gasteiger partial charge >= 0.3 is 0 Å². The van der Waals surface area contributed by atoms with Crippen LogP contribution >= 0.6 is 11.3 Å². The van der Waals surface area contributed by atoms with Gasteiger partial charge in [-0.25, -0.2) is 0 Å². The summed E-state index contributed by atoms with van der Waals surface area (Å²) in [6, 6.07) is 16.1. The molecule has 0 saturated carbocycles. The van der Waals surface area contributed by atoms with E-state index in [1.807, 2.05) is 24.3 Å². The first-order chi connectivity index (χ1) is 10.2. The summed E-state index contributed by atoms with van der Waals surface area (Å²) < 4.78 is 0. The minimum absolute atomic E-state index is 0.264. The van der Waals surface area contributed by atoms with E-state index in [4.69, 9.17) is 5.73 Å². The van der Waals surface area contributed by atoms with Gasteiger partial charge in [-0.15, -0.1) is 11.3 Å². The molecule has 3 heteroatoms. The van der Waals surface area contributed by atoms with Gasteiger partial charge in [0.1, 0.15) is 5.75 Å². The molecule has 1 heterocycles. The quantitative estimate of drug-likeness (QED) is 0.752. The van der Waals surface area contributed by atoms with Crippen molar-refractivity contribution in [2.45, 2.75) is 12.8 Å². The third-order valence-corrected chi connectivity index (χ3v) is 5.02. The van der Waals surface area contributed by atoms with Crippen molar-refractivity contribution < 1.29 is 5.11 Å². The Morgan fingerprint density at radius 2 is 1.81 bits per heavy atom. The summed E-state index contributed by atoms with van der Waals surface area (Å²) in [6.07, 6.45) is 0. The first kappa shape index (κ1) is 14.1. The van der Waals surface area contributed by atoms with Crippen molar-refractivity contribution in [3.8, 4) is 5.75 Å². The summed E-state index contributed by atoms with van der Waals surface area (Å²) >= 11 is 1.76. The number of phenols is 1. The maximum atomic E-state index is 10.1. The Kier molecular flexibility index (Phi) is 3.95. The molecular weight excluding hydrogens is 278 g/mol. The van der Waals surface area contributed by atoms with Crippen molar-refractivity contribution in [2.75, 3.05) is 6.54 Å². The summed E-state index contributed by atoms with van der Waals surface area (Å²) in [6.45, 7) is 2.82. The molecule has 0 radical (unpaired) electrons. The summed E-state index contributed by atoms with van der Waals surface area (Å²) in [4.78, 5) is 1.32. The van der Waals surface area contributed by atoms with E-state index in [9.17, 15) is 5.11 Å². The van der Waals surface area contributed by atoms with Gasteiger partial charge in [-0.05, 0) is 40.9 Å². The van der Waals surface area contributed by atoms with Gasteiger partial charge in [-0.2, -0.15) is 0 Å². The topological polar surface area (TPSA) is 46.2 Å². The lowest BCUT2D eigenvalue weighted by Gasteiger charge is -2.24. The molecule has 0 bridgehead atoms. The minimum Gasteiger partial charge on any atom is -0.507 e. The number of aromatic hydroxyl groups is 1. The predicted octanol–water partition coefficient (Wildman–Crippen LogP) is 4.33. The van der Waals surface area contributed by atoms with Gasteiger partial charge < -0.3 is 10.8 Å². The SMILES string of the molecule is CC(CN)C(c1cccs1)c1ccc(O)c2ccccc12. The van der Waals surface area contributed by atoms with Crippen molar-refractivity contribution in [1.82, 2.24) is 0 Å². The molecule has 3 aromatic rings. The Morgan fingerprint density at radius 3 is 2.48 bits per heavy atom. The van der Waals surface area contributed by atoms with Crippen LogP contribution in [0.15, 0.2) is 53.9 Å². The molecule has 108 valence electrons. The Morgan fingerprint density at radius 1 is 1.05 bits per heavy atom. The molecule has 0 spiro atoms. The lowest BCUT2D eigenvalue weighted by atomic mass is 9.83. The van der Waals surface area contributed by atoms with Gasteiger partial charge in [0.15, 0.2) is 0 Å². The van der Waals surface area contributed by atoms with E-state index >= 15 is 0 Å². The molecule has 0 aliphatic carbocycles. The lowest BCUT2D eigenvalue weighted by Crippen LogP contribution is -2.19. The number of fused-ring (bicyclic) bond motifs is 1. The molecule has 2 unspecified atom stereocenters. The van der Waals surface area contributed by atoms with E-state index in [1.54, 1.807) is 17.4 Å². The highest BCUT2D eigenvalue weighted by Crippen LogP contribution is 2.39. The second kappa shape index (κ2) is 5.88. The summed E-state index contributed by atoms with van der Waals surface area (Å²) in [5, 5.41) is 14.2. The molecule has 21 heavy (non-hydrogen) atoms. The maximum absolute atomic E-state index is 10.1. The highest BCUT2D eigenvalue weighted by Gasteiger charge is 2.23. The average molecular weight is 297 g/mol. The van der Waals surface area contributed by atoms with Crippen LogP contribution < -0.4 is 5.73 Å². The monoisotopic (exact) mass is 297 g/mol. The van der Waals surface area contributed by atoms with Crippen molar-refractivity contribution in [3.05, 3.63) is 64.4 Å². The van der Waals surface area contributed by atoms with Gasteiger partial charge in [0.25, 0.3) is 0 Å². The molecule has 2 aromatic carbocycles. The standard InChI is InChI=1S/C18H19NOS/c1-12(11-19)18(17-7-4-10-21-17)15-8-9-16(20)14-6-3-2-5-13(14)15/h2-10,12,18,20H,11,19H2,1H3. The third kappa shape index (κ3) is 2.55. The fraction of sp³-hybridized carbons (Fsp3) is 0.222. The molecule has 2 atom stereocenters. The molecule has 1 aromatic heterocycles. The highest BCUT2D eigenvalue weighted by molar-refractivity contribution is 7.10. The van der Waals surface area contributed by atoms with Crippen molar-refractivity contribution in [2.24, 2.45) is 11.7 Å². The number of hydrogen-bond acceptors (Lipinski definition) is 3. The number of nitrogens with two attached hydrogens (primary N) is 1. The second-order valence-corrected chi connectivity index (χ2v) is 6.40. The molecule has 0 saturated heterocycles. The van der Waals surface area contributed by atoms with Gasteiger partial charge in [0.05, 0.1) is 0 Å². The first-order valence-corrected chi connectivity index (χ1v) is 8.04. The minimum atomic E-state index is 0.264. The van der Waals surface area contributed by atoms with Gasteiger partial charge in [-0.3, -0.25) is 0 Å².